The van der Waals surface area contributed by atoms with Crippen LogP contribution in [0, 0.1) is 13.8 Å². The quantitative estimate of drug-likeness (QED) is 0.723. The van der Waals surface area contributed by atoms with Crippen LogP contribution in [0.5, 0.6) is 0 Å². The van der Waals surface area contributed by atoms with Gasteiger partial charge in [0.05, 0.1) is 6.54 Å². The third kappa shape index (κ3) is 4.49. The summed E-state index contributed by atoms with van der Waals surface area (Å²) < 4.78 is 0. The van der Waals surface area contributed by atoms with E-state index in [9.17, 15) is 0 Å². The summed E-state index contributed by atoms with van der Waals surface area (Å²) in [6.07, 6.45) is 5.93. The van der Waals surface area contributed by atoms with Gasteiger partial charge in [-0.15, -0.1) is 0 Å². The van der Waals surface area contributed by atoms with E-state index in [1.54, 1.807) is 6.20 Å². The lowest BCUT2D eigenvalue weighted by Crippen LogP contribution is -2.35. The topological polar surface area (TPSA) is 82.6 Å². The average Bonchev–Trinajstić information content (AvgIpc) is 3.14. The summed E-state index contributed by atoms with van der Waals surface area (Å²) in [6, 6.07) is 7.90. The summed E-state index contributed by atoms with van der Waals surface area (Å²) in [4.78, 5) is 24.0. The Hall–Kier alpha value is -2.80. The van der Waals surface area contributed by atoms with Gasteiger partial charge < -0.3 is 10.3 Å². The molecule has 1 saturated heterocycles. The fraction of sp³-hybridized carbons (Fsp3) is 0.400. The van der Waals surface area contributed by atoms with Crippen LogP contribution in [0.2, 0.25) is 0 Å². The van der Waals surface area contributed by atoms with Crippen LogP contribution in [0.3, 0.4) is 0 Å². The van der Waals surface area contributed by atoms with E-state index in [1.165, 1.54) is 0 Å². The molecule has 0 saturated carbocycles. The van der Waals surface area contributed by atoms with Crippen LogP contribution in [0.25, 0.3) is 0 Å². The number of piperidine rings is 1. The van der Waals surface area contributed by atoms with Crippen molar-refractivity contribution in [2.75, 3.05) is 18.4 Å². The van der Waals surface area contributed by atoms with Crippen molar-refractivity contribution in [2.24, 2.45) is 0 Å². The van der Waals surface area contributed by atoms with Crippen LogP contribution < -0.4 is 5.32 Å². The third-order valence-corrected chi connectivity index (χ3v) is 4.81. The summed E-state index contributed by atoms with van der Waals surface area (Å²) in [5.74, 6) is 3.86. The molecular formula is C20H25N7. The normalized spacial score (nSPS) is 17.8. The molecule has 0 amide bonds. The van der Waals surface area contributed by atoms with Gasteiger partial charge in [-0.05, 0) is 45.4 Å². The number of imidazole rings is 1. The van der Waals surface area contributed by atoms with E-state index in [4.69, 9.17) is 9.97 Å². The van der Waals surface area contributed by atoms with E-state index >= 15 is 0 Å². The maximum atomic E-state index is 4.80. The van der Waals surface area contributed by atoms with Crippen LogP contribution >= 0.6 is 0 Å². The Morgan fingerprint density at radius 2 is 2.07 bits per heavy atom. The monoisotopic (exact) mass is 363 g/mol. The molecule has 3 aromatic rings. The number of aromatic nitrogens is 5. The van der Waals surface area contributed by atoms with Gasteiger partial charge in [-0.1, -0.05) is 6.07 Å². The van der Waals surface area contributed by atoms with E-state index in [0.29, 0.717) is 5.92 Å². The Morgan fingerprint density at radius 1 is 1.15 bits per heavy atom. The molecule has 1 fully saturated rings. The number of H-pyrrole nitrogens is 1. The van der Waals surface area contributed by atoms with E-state index < -0.39 is 0 Å². The van der Waals surface area contributed by atoms with Crippen molar-refractivity contribution in [1.82, 2.24) is 29.8 Å². The first-order valence-electron chi connectivity index (χ1n) is 9.42. The molecule has 27 heavy (non-hydrogen) atoms. The predicted molar refractivity (Wildman–Crippen MR) is 105 cm³/mol. The van der Waals surface area contributed by atoms with Crippen molar-refractivity contribution in [2.45, 2.75) is 39.2 Å². The fourth-order valence-corrected chi connectivity index (χ4v) is 3.59. The third-order valence-electron chi connectivity index (χ3n) is 4.81. The van der Waals surface area contributed by atoms with E-state index in [2.05, 4.69) is 25.2 Å². The number of hydrogen-bond donors (Lipinski definition) is 2. The molecule has 0 bridgehead atoms. The number of rotatable bonds is 5. The van der Waals surface area contributed by atoms with Crippen molar-refractivity contribution < 1.29 is 0 Å². The van der Waals surface area contributed by atoms with Crippen LogP contribution in [0.1, 0.15) is 41.8 Å². The van der Waals surface area contributed by atoms with Crippen LogP contribution in [0.15, 0.2) is 36.7 Å². The van der Waals surface area contributed by atoms with Crippen molar-refractivity contribution in [1.29, 1.82) is 0 Å². The van der Waals surface area contributed by atoms with Gasteiger partial charge in [-0.25, -0.2) is 19.9 Å². The van der Waals surface area contributed by atoms with Crippen molar-refractivity contribution >= 4 is 11.6 Å². The minimum Gasteiger partial charge on any atom is -0.348 e. The molecule has 4 rings (SSSR count). The van der Waals surface area contributed by atoms with Gasteiger partial charge in [0, 0.05) is 42.3 Å². The Bertz CT molecular complexity index is 891. The molecule has 0 aliphatic carbocycles. The highest BCUT2D eigenvalue weighted by atomic mass is 15.2. The van der Waals surface area contributed by atoms with Gasteiger partial charge in [0.15, 0.2) is 0 Å². The Kier molecular flexibility index (Phi) is 5.11. The zero-order valence-electron chi connectivity index (χ0n) is 15.8. The van der Waals surface area contributed by atoms with Gasteiger partial charge in [0.2, 0.25) is 0 Å². The molecule has 0 spiro atoms. The number of likely N-dealkylation sites (tertiary alicyclic amines) is 1. The summed E-state index contributed by atoms with van der Waals surface area (Å²) in [7, 11) is 0. The maximum absolute atomic E-state index is 4.80. The van der Waals surface area contributed by atoms with Gasteiger partial charge >= 0.3 is 0 Å². The highest BCUT2D eigenvalue weighted by Gasteiger charge is 2.24. The first-order chi connectivity index (χ1) is 13.2. The Morgan fingerprint density at radius 3 is 2.89 bits per heavy atom. The highest BCUT2D eigenvalue weighted by molar-refractivity contribution is 5.52. The SMILES string of the molecule is Cc1cccc(Nc2cc(C)nc(C3CCCN(Cc4ncc[nH]4)C3)n2)n1. The summed E-state index contributed by atoms with van der Waals surface area (Å²) in [5, 5.41) is 3.32. The summed E-state index contributed by atoms with van der Waals surface area (Å²) in [6.45, 7) is 6.88. The zero-order chi connectivity index (χ0) is 18.6. The van der Waals surface area contributed by atoms with Crippen LogP contribution in [0.4, 0.5) is 11.6 Å². The van der Waals surface area contributed by atoms with Gasteiger partial charge in [-0.2, -0.15) is 0 Å². The van der Waals surface area contributed by atoms with Gasteiger partial charge in [0.25, 0.3) is 0 Å². The molecule has 2 N–H and O–H groups in total. The minimum atomic E-state index is 0.333. The first-order valence-corrected chi connectivity index (χ1v) is 9.42. The maximum Gasteiger partial charge on any atom is 0.135 e. The lowest BCUT2D eigenvalue weighted by atomic mass is 9.97. The second-order valence-corrected chi connectivity index (χ2v) is 7.15. The summed E-state index contributed by atoms with van der Waals surface area (Å²) in [5.41, 5.74) is 1.95. The molecule has 7 nitrogen and oxygen atoms in total. The molecule has 0 radical (unpaired) electrons. The molecular weight excluding hydrogens is 338 g/mol. The zero-order valence-corrected chi connectivity index (χ0v) is 15.8. The van der Waals surface area contributed by atoms with Gasteiger partial charge in [-0.3, -0.25) is 4.90 Å². The van der Waals surface area contributed by atoms with E-state index in [-0.39, 0.29) is 0 Å². The molecule has 3 aromatic heterocycles. The fourth-order valence-electron chi connectivity index (χ4n) is 3.59. The van der Waals surface area contributed by atoms with Crippen LogP contribution in [-0.2, 0) is 6.54 Å². The molecule has 1 aliphatic rings. The Balaban J connectivity index is 1.50. The van der Waals surface area contributed by atoms with Crippen molar-refractivity contribution in [3.8, 4) is 0 Å². The second-order valence-electron chi connectivity index (χ2n) is 7.15. The molecule has 4 heterocycles. The highest BCUT2D eigenvalue weighted by Crippen LogP contribution is 2.27. The number of aryl methyl sites for hydroxylation is 2. The molecule has 140 valence electrons. The second kappa shape index (κ2) is 7.84. The molecule has 1 aliphatic heterocycles. The lowest BCUT2D eigenvalue weighted by Gasteiger charge is -2.31. The van der Waals surface area contributed by atoms with E-state index in [1.807, 2.05) is 44.3 Å². The molecule has 0 aromatic carbocycles. The Labute approximate surface area is 159 Å². The minimum absolute atomic E-state index is 0.333. The lowest BCUT2D eigenvalue weighted by molar-refractivity contribution is 0.192. The number of anilines is 2. The number of hydrogen-bond acceptors (Lipinski definition) is 6. The van der Waals surface area contributed by atoms with Crippen molar-refractivity contribution in [3.05, 3.63) is 59.7 Å². The van der Waals surface area contributed by atoms with Crippen molar-refractivity contribution in [3.63, 3.8) is 0 Å². The number of nitrogens with one attached hydrogen (secondary N) is 2. The smallest absolute Gasteiger partial charge is 0.135 e. The predicted octanol–water partition coefficient (Wildman–Crippen LogP) is 3.33. The largest absolute Gasteiger partial charge is 0.348 e. The molecule has 7 heteroatoms. The number of aromatic amines is 1. The molecule has 1 atom stereocenters. The van der Waals surface area contributed by atoms with Gasteiger partial charge in [0.1, 0.15) is 23.3 Å². The average molecular weight is 363 g/mol. The molecule has 1 unspecified atom stereocenters. The summed E-state index contributed by atoms with van der Waals surface area (Å²) >= 11 is 0. The number of pyridine rings is 1. The first kappa shape index (κ1) is 17.6. The van der Waals surface area contributed by atoms with E-state index in [0.717, 1.165) is 67.1 Å². The van der Waals surface area contributed by atoms with Crippen LogP contribution in [-0.4, -0.2) is 42.9 Å². The number of nitrogens with zero attached hydrogens (tertiary/aromatic N) is 5. The standard InChI is InChI=1S/C20H25N7/c1-14-5-3-7-17(23-14)25-18-11-15(2)24-20(26-18)16-6-4-10-27(12-16)13-19-21-8-9-22-19/h3,5,7-9,11,16H,4,6,10,12-13H2,1-2H3,(H,21,22)(H,23,24,25,26).